The van der Waals surface area contributed by atoms with Crippen LogP contribution in [-0.2, 0) is 10.0 Å². The van der Waals surface area contributed by atoms with Crippen LogP contribution in [0, 0.1) is 17.5 Å². The second kappa shape index (κ2) is 6.45. The van der Waals surface area contributed by atoms with Gasteiger partial charge < -0.3 is 5.32 Å². The summed E-state index contributed by atoms with van der Waals surface area (Å²) in [6.45, 7) is 5.20. The van der Waals surface area contributed by atoms with Crippen molar-refractivity contribution >= 4 is 15.7 Å². The molecule has 0 amide bonds. The molecule has 0 aliphatic carbocycles. The Hall–Kier alpha value is -1.28. The molecule has 0 aliphatic heterocycles. The van der Waals surface area contributed by atoms with Gasteiger partial charge >= 0.3 is 0 Å². The third-order valence-corrected chi connectivity index (χ3v) is 4.31. The van der Waals surface area contributed by atoms with E-state index in [4.69, 9.17) is 0 Å². The van der Waals surface area contributed by atoms with Gasteiger partial charge in [0, 0.05) is 24.7 Å². The minimum atomic E-state index is -3.98. The van der Waals surface area contributed by atoms with E-state index in [1.807, 2.05) is 18.6 Å². The molecule has 0 fully saturated rings. The van der Waals surface area contributed by atoms with Crippen molar-refractivity contribution in [2.45, 2.75) is 32.1 Å². The van der Waals surface area contributed by atoms with Crippen LogP contribution < -0.4 is 10.0 Å². The van der Waals surface area contributed by atoms with Crippen molar-refractivity contribution in [1.29, 1.82) is 0 Å². The number of halogens is 3. The van der Waals surface area contributed by atoms with Crippen molar-refractivity contribution in [3.63, 3.8) is 0 Å². The van der Waals surface area contributed by atoms with Crippen LogP contribution in [0.15, 0.2) is 12.1 Å². The average molecular weight is 310 g/mol. The number of nitrogens with one attached hydrogen (secondary N) is 2. The van der Waals surface area contributed by atoms with E-state index in [0.29, 0.717) is 12.1 Å². The van der Waals surface area contributed by atoms with E-state index in [0.717, 1.165) is 0 Å². The maximum atomic E-state index is 13.4. The zero-order chi connectivity index (χ0) is 15.5. The molecule has 0 saturated carbocycles. The van der Waals surface area contributed by atoms with E-state index in [-0.39, 0.29) is 12.6 Å². The first-order valence-corrected chi connectivity index (χ1v) is 7.57. The summed E-state index contributed by atoms with van der Waals surface area (Å²) in [6, 6.07) is 0.905. The van der Waals surface area contributed by atoms with E-state index < -0.39 is 38.4 Å². The highest BCUT2D eigenvalue weighted by Crippen LogP contribution is 2.22. The topological polar surface area (TPSA) is 58.2 Å². The number of anilines is 1. The molecule has 114 valence electrons. The summed E-state index contributed by atoms with van der Waals surface area (Å²) in [7, 11) is -3.98. The fourth-order valence-electron chi connectivity index (χ4n) is 1.39. The minimum Gasteiger partial charge on any atom is -0.313 e. The van der Waals surface area contributed by atoms with Gasteiger partial charge in [-0.1, -0.05) is 13.8 Å². The molecule has 0 heterocycles. The minimum absolute atomic E-state index is 0.0759. The summed E-state index contributed by atoms with van der Waals surface area (Å²) in [5.41, 5.74) is -0.872. The van der Waals surface area contributed by atoms with Crippen molar-refractivity contribution in [3.05, 3.63) is 29.6 Å². The van der Waals surface area contributed by atoms with Gasteiger partial charge in [-0.25, -0.2) is 21.6 Å². The number of rotatable bonds is 6. The predicted octanol–water partition coefficient (Wildman–Crippen LogP) is 2.23. The normalized spacial score (nSPS) is 13.6. The molecule has 1 atom stereocenters. The Morgan fingerprint density at radius 2 is 1.60 bits per heavy atom. The van der Waals surface area contributed by atoms with Gasteiger partial charge in [0.25, 0.3) is 0 Å². The predicted molar refractivity (Wildman–Crippen MR) is 71.5 cm³/mol. The summed E-state index contributed by atoms with van der Waals surface area (Å²) in [6.07, 6.45) is 0. The lowest BCUT2D eigenvalue weighted by Gasteiger charge is -2.17. The molecular formula is C12H17F3N2O2S. The summed E-state index contributed by atoms with van der Waals surface area (Å²) < 4.78 is 65.2. The van der Waals surface area contributed by atoms with Crippen LogP contribution in [0.4, 0.5) is 18.9 Å². The van der Waals surface area contributed by atoms with Crippen molar-refractivity contribution in [1.82, 2.24) is 5.32 Å². The van der Waals surface area contributed by atoms with Crippen LogP contribution in [0.25, 0.3) is 0 Å². The number of benzene rings is 1. The second-order valence-electron chi connectivity index (χ2n) is 4.77. The number of hydrogen-bond acceptors (Lipinski definition) is 3. The summed E-state index contributed by atoms with van der Waals surface area (Å²) in [5, 5.41) is 2.00. The Bertz CT molecular complexity index is 553. The van der Waals surface area contributed by atoms with Gasteiger partial charge in [-0.15, -0.1) is 0 Å². The first-order chi connectivity index (χ1) is 9.13. The summed E-state index contributed by atoms with van der Waals surface area (Å²) in [4.78, 5) is 0. The lowest BCUT2D eigenvalue weighted by molar-refractivity contribution is 0.542. The Morgan fingerprint density at radius 1 is 1.10 bits per heavy atom. The Morgan fingerprint density at radius 3 is 2.05 bits per heavy atom. The zero-order valence-corrected chi connectivity index (χ0v) is 12.2. The van der Waals surface area contributed by atoms with Crippen molar-refractivity contribution in [3.8, 4) is 0 Å². The molecule has 0 radical (unpaired) electrons. The fraction of sp³-hybridized carbons (Fsp3) is 0.500. The van der Waals surface area contributed by atoms with E-state index in [1.54, 1.807) is 0 Å². The molecule has 0 bridgehead atoms. The first kappa shape index (κ1) is 16.8. The molecule has 0 spiro atoms. The highest BCUT2D eigenvalue weighted by Gasteiger charge is 2.24. The maximum Gasteiger partial charge on any atom is 0.236 e. The second-order valence-corrected chi connectivity index (χ2v) is 6.86. The smallest absolute Gasteiger partial charge is 0.236 e. The first-order valence-electron chi connectivity index (χ1n) is 6.03. The fourth-order valence-corrected chi connectivity index (χ4v) is 2.39. The monoisotopic (exact) mass is 310 g/mol. The van der Waals surface area contributed by atoms with E-state index >= 15 is 0 Å². The van der Waals surface area contributed by atoms with Gasteiger partial charge in [-0.3, -0.25) is 4.72 Å². The molecule has 2 N–H and O–H groups in total. The molecule has 8 heteroatoms. The van der Waals surface area contributed by atoms with Crippen LogP contribution in [0.3, 0.4) is 0 Å². The Balaban J connectivity index is 2.91. The molecule has 1 unspecified atom stereocenters. The van der Waals surface area contributed by atoms with E-state index in [1.165, 1.54) is 6.92 Å². The van der Waals surface area contributed by atoms with E-state index in [2.05, 4.69) is 5.32 Å². The van der Waals surface area contributed by atoms with Gasteiger partial charge in [0.2, 0.25) is 10.0 Å². The molecule has 1 aromatic carbocycles. The van der Waals surface area contributed by atoms with Gasteiger partial charge in [0.05, 0.1) is 5.25 Å². The average Bonchev–Trinajstić information content (AvgIpc) is 2.30. The quantitative estimate of drug-likeness (QED) is 0.847. The molecule has 1 aromatic rings. The SMILES string of the molecule is CC(C)NCC(C)S(=O)(=O)Nc1c(F)cc(F)cc1F. The van der Waals surface area contributed by atoms with Crippen molar-refractivity contribution in [2.75, 3.05) is 11.3 Å². The van der Waals surface area contributed by atoms with Crippen LogP contribution in [0.2, 0.25) is 0 Å². The standard InChI is InChI=1S/C12H17F3N2O2S/c1-7(2)16-6-8(3)20(18,19)17-12-10(14)4-9(13)5-11(12)15/h4-5,7-8,16-17H,6H2,1-3H3. The van der Waals surface area contributed by atoms with Crippen LogP contribution >= 0.6 is 0 Å². The molecule has 0 aliphatic rings. The van der Waals surface area contributed by atoms with Gasteiger partial charge in [-0.05, 0) is 6.92 Å². The maximum absolute atomic E-state index is 13.4. The van der Waals surface area contributed by atoms with Crippen LogP contribution in [0.1, 0.15) is 20.8 Å². The third-order valence-electron chi connectivity index (χ3n) is 2.59. The van der Waals surface area contributed by atoms with Gasteiger partial charge in [0.15, 0.2) is 11.6 Å². The highest BCUT2D eigenvalue weighted by molar-refractivity contribution is 7.93. The third kappa shape index (κ3) is 4.38. The lowest BCUT2D eigenvalue weighted by Crippen LogP contribution is -2.37. The Labute approximate surface area is 116 Å². The van der Waals surface area contributed by atoms with Gasteiger partial charge in [-0.2, -0.15) is 0 Å². The highest BCUT2D eigenvalue weighted by atomic mass is 32.2. The summed E-state index contributed by atoms with van der Waals surface area (Å²) >= 11 is 0. The van der Waals surface area contributed by atoms with Gasteiger partial charge in [0.1, 0.15) is 11.5 Å². The summed E-state index contributed by atoms with van der Waals surface area (Å²) in [5.74, 6) is -3.71. The molecular weight excluding hydrogens is 293 g/mol. The lowest BCUT2D eigenvalue weighted by atomic mass is 10.3. The van der Waals surface area contributed by atoms with E-state index in [9.17, 15) is 21.6 Å². The van der Waals surface area contributed by atoms with Crippen LogP contribution in [0.5, 0.6) is 0 Å². The number of sulfonamides is 1. The van der Waals surface area contributed by atoms with Crippen molar-refractivity contribution in [2.24, 2.45) is 0 Å². The molecule has 0 aromatic heterocycles. The number of hydrogen-bond donors (Lipinski definition) is 2. The molecule has 1 rings (SSSR count). The molecule has 20 heavy (non-hydrogen) atoms. The largest absolute Gasteiger partial charge is 0.313 e. The zero-order valence-electron chi connectivity index (χ0n) is 11.4. The molecule has 0 saturated heterocycles. The van der Waals surface area contributed by atoms with Crippen molar-refractivity contribution < 1.29 is 21.6 Å². The van der Waals surface area contributed by atoms with Crippen LogP contribution in [-0.4, -0.2) is 26.3 Å². The Kier molecular flexibility index (Phi) is 5.41. The molecule has 4 nitrogen and oxygen atoms in total.